The first kappa shape index (κ1) is 24.5. The van der Waals surface area contributed by atoms with E-state index in [2.05, 4.69) is 20.3 Å². The maximum Gasteiger partial charge on any atom is 0.490 e. The number of carboxylic acid groups (broad SMARTS) is 1. The van der Waals surface area contributed by atoms with Gasteiger partial charge in [0.25, 0.3) is 5.91 Å². The van der Waals surface area contributed by atoms with Crippen LogP contribution in [-0.2, 0) is 4.79 Å². The monoisotopic (exact) mass is 449 g/mol. The molecule has 0 saturated carbocycles. The van der Waals surface area contributed by atoms with Crippen molar-refractivity contribution in [3.05, 3.63) is 64.8 Å². The summed E-state index contributed by atoms with van der Waals surface area (Å²) >= 11 is 0. The Hall–Kier alpha value is -3.76. The summed E-state index contributed by atoms with van der Waals surface area (Å²) in [7, 11) is 0. The molecule has 1 amide bonds. The predicted octanol–water partition coefficient (Wildman–Crippen LogP) is 4.09. The lowest BCUT2D eigenvalue weighted by atomic mass is 10.2. The Labute approximate surface area is 182 Å². The van der Waals surface area contributed by atoms with E-state index in [1.54, 1.807) is 13.3 Å². The first-order valence-electron chi connectivity index (χ1n) is 9.35. The van der Waals surface area contributed by atoms with E-state index in [4.69, 9.17) is 9.90 Å². The molecule has 0 aliphatic rings. The van der Waals surface area contributed by atoms with E-state index in [1.165, 1.54) is 0 Å². The van der Waals surface area contributed by atoms with Crippen molar-refractivity contribution in [3.8, 4) is 5.69 Å². The second-order valence-electron chi connectivity index (χ2n) is 6.92. The highest BCUT2D eigenvalue weighted by Crippen LogP contribution is 2.18. The number of carbonyl (C=O) groups excluding carboxylic acids is 1. The van der Waals surface area contributed by atoms with Crippen LogP contribution in [0, 0.1) is 34.6 Å². The number of imidazole rings is 1. The summed E-state index contributed by atoms with van der Waals surface area (Å²) in [6.07, 6.45) is -3.29. The topological polar surface area (TPSA) is 110 Å². The van der Waals surface area contributed by atoms with Crippen LogP contribution in [0.25, 0.3) is 5.69 Å². The van der Waals surface area contributed by atoms with E-state index in [1.807, 2.05) is 56.5 Å². The highest BCUT2D eigenvalue weighted by atomic mass is 19.4. The molecule has 3 aromatic rings. The molecule has 0 fully saturated rings. The number of hydrogen-bond donors (Lipinski definition) is 2. The van der Waals surface area contributed by atoms with Crippen molar-refractivity contribution < 1.29 is 27.9 Å². The molecule has 0 aliphatic heterocycles. The number of amides is 1. The Morgan fingerprint density at radius 2 is 1.44 bits per heavy atom. The molecule has 2 heterocycles. The molecule has 2 N–H and O–H groups in total. The number of carboxylic acids is 1. The average Bonchev–Trinajstić information content (AvgIpc) is 3.03. The number of carbonyl (C=O) groups is 2. The van der Waals surface area contributed by atoms with E-state index >= 15 is 0 Å². The van der Waals surface area contributed by atoms with Crippen LogP contribution >= 0.6 is 0 Å². The van der Waals surface area contributed by atoms with Crippen LogP contribution in [0.1, 0.15) is 39.0 Å². The van der Waals surface area contributed by atoms with Gasteiger partial charge in [-0.2, -0.15) is 13.2 Å². The minimum atomic E-state index is -5.08. The third-order valence-electron chi connectivity index (χ3n) is 4.59. The molecule has 0 atom stereocenters. The van der Waals surface area contributed by atoms with Crippen molar-refractivity contribution >= 4 is 17.6 Å². The van der Waals surface area contributed by atoms with Gasteiger partial charge in [-0.3, -0.25) is 9.78 Å². The maximum absolute atomic E-state index is 12.5. The summed E-state index contributed by atoms with van der Waals surface area (Å²) in [4.78, 5) is 34.4. The summed E-state index contributed by atoms with van der Waals surface area (Å²) in [6, 6.07) is 7.63. The molecular weight excluding hydrogens is 427 g/mol. The SMILES string of the molecule is Cc1nc(C)c(C(=O)Nc2ccc(-n3cnc(C)c3C)cc2)nc1C.O=C(O)C(F)(F)F. The Balaban J connectivity index is 0.000000451. The molecular formula is C21H22F3N5O3. The Morgan fingerprint density at radius 1 is 0.906 bits per heavy atom. The van der Waals surface area contributed by atoms with Gasteiger partial charge in [0, 0.05) is 17.1 Å². The fourth-order valence-corrected chi connectivity index (χ4v) is 2.58. The molecule has 8 nitrogen and oxygen atoms in total. The summed E-state index contributed by atoms with van der Waals surface area (Å²) in [5.41, 5.74) is 6.39. The zero-order valence-corrected chi connectivity index (χ0v) is 18.1. The van der Waals surface area contributed by atoms with Crippen LogP contribution in [0.3, 0.4) is 0 Å². The number of anilines is 1. The number of rotatable bonds is 3. The van der Waals surface area contributed by atoms with Gasteiger partial charge in [-0.25, -0.2) is 14.8 Å². The third-order valence-corrected chi connectivity index (χ3v) is 4.59. The van der Waals surface area contributed by atoms with E-state index in [0.29, 0.717) is 17.1 Å². The molecule has 1 aromatic carbocycles. The lowest BCUT2D eigenvalue weighted by Crippen LogP contribution is -2.21. The van der Waals surface area contributed by atoms with Crippen LogP contribution in [0.4, 0.5) is 18.9 Å². The van der Waals surface area contributed by atoms with E-state index < -0.39 is 12.1 Å². The first-order chi connectivity index (χ1) is 14.8. The van der Waals surface area contributed by atoms with Gasteiger partial charge >= 0.3 is 12.1 Å². The van der Waals surface area contributed by atoms with Crippen LogP contribution in [-0.4, -0.2) is 42.7 Å². The zero-order valence-electron chi connectivity index (χ0n) is 18.1. The fraction of sp³-hybridized carbons (Fsp3) is 0.286. The normalized spacial score (nSPS) is 10.9. The van der Waals surface area contributed by atoms with E-state index in [9.17, 15) is 18.0 Å². The first-order valence-corrected chi connectivity index (χ1v) is 9.35. The third kappa shape index (κ3) is 5.90. The smallest absolute Gasteiger partial charge is 0.475 e. The molecule has 0 unspecified atom stereocenters. The predicted molar refractivity (Wildman–Crippen MR) is 111 cm³/mol. The van der Waals surface area contributed by atoms with Crippen molar-refractivity contribution in [1.29, 1.82) is 0 Å². The highest BCUT2D eigenvalue weighted by molar-refractivity contribution is 6.03. The maximum atomic E-state index is 12.5. The van der Waals surface area contributed by atoms with Crippen molar-refractivity contribution in [1.82, 2.24) is 19.5 Å². The number of alkyl halides is 3. The van der Waals surface area contributed by atoms with Gasteiger partial charge in [-0.1, -0.05) is 0 Å². The molecule has 170 valence electrons. The summed E-state index contributed by atoms with van der Waals surface area (Å²) in [5, 5.41) is 10.0. The highest BCUT2D eigenvalue weighted by Gasteiger charge is 2.38. The number of benzene rings is 1. The second-order valence-corrected chi connectivity index (χ2v) is 6.92. The van der Waals surface area contributed by atoms with Gasteiger partial charge in [0.1, 0.15) is 5.69 Å². The van der Waals surface area contributed by atoms with Crippen LogP contribution in [0.5, 0.6) is 0 Å². The largest absolute Gasteiger partial charge is 0.490 e. The summed E-state index contributed by atoms with van der Waals surface area (Å²) in [6.45, 7) is 9.53. The number of halogens is 3. The van der Waals surface area contributed by atoms with Gasteiger partial charge in [0.2, 0.25) is 0 Å². The van der Waals surface area contributed by atoms with Crippen molar-refractivity contribution in [2.45, 2.75) is 40.8 Å². The fourth-order valence-electron chi connectivity index (χ4n) is 2.58. The van der Waals surface area contributed by atoms with Gasteiger partial charge in [-0.05, 0) is 58.9 Å². The zero-order chi connectivity index (χ0) is 24.2. The number of hydrogen-bond acceptors (Lipinski definition) is 5. The van der Waals surface area contributed by atoms with E-state index in [0.717, 1.165) is 28.5 Å². The van der Waals surface area contributed by atoms with Crippen LogP contribution < -0.4 is 5.32 Å². The lowest BCUT2D eigenvalue weighted by Gasteiger charge is -2.10. The quantitative estimate of drug-likeness (QED) is 0.623. The van der Waals surface area contributed by atoms with Crippen molar-refractivity contribution in [3.63, 3.8) is 0 Å². The number of aromatic nitrogens is 4. The van der Waals surface area contributed by atoms with Crippen LogP contribution in [0.2, 0.25) is 0 Å². The average molecular weight is 449 g/mol. The number of aliphatic carboxylic acids is 1. The standard InChI is InChI=1S/C19H21N5O.C2HF3O2/c1-11-12(2)22-18(14(4)21-11)19(25)23-16-6-8-17(9-7-16)24-10-20-13(3)15(24)5;3-2(4,5)1(6)7/h6-10H,1-5H3,(H,23,25);(H,6,7). The minimum Gasteiger partial charge on any atom is -0.475 e. The Kier molecular flexibility index (Phi) is 7.34. The molecule has 0 spiro atoms. The molecule has 2 aromatic heterocycles. The number of aryl methyl sites for hydroxylation is 4. The molecule has 0 radical (unpaired) electrons. The Bertz CT molecular complexity index is 1140. The number of nitrogens with one attached hydrogen (secondary N) is 1. The van der Waals surface area contributed by atoms with E-state index in [-0.39, 0.29) is 5.91 Å². The van der Waals surface area contributed by atoms with Crippen molar-refractivity contribution in [2.75, 3.05) is 5.32 Å². The number of nitrogens with zero attached hydrogens (tertiary/aromatic N) is 4. The molecule has 32 heavy (non-hydrogen) atoms. The van der Waals surface area contributed by atoms with Gasteiger partial charge in [-0.15, -0.1) is 0 Å². The van der Waals surface area contributed by atoms with Crippen LogP contribution in [0.15, 0.2) is 30.6 Å². The summed E-state index contributed by atoms with van der Waals surface area (Å²) in [5.74, 6) is -3.01. The molecule has 0 bridgehead atoms. The minimum absolute atomic E-state index is 0.254. The van der Waals surface area contributed by atoms with Gasteiger partial charge in [0.05, 0.1) is 29.1 Å². The molecule has 3 rings (SSSR count). The molecule has 11 heteroatoms. The van der Waals surface area contributed by atoms with Gasteiger partial charge < -0.3 is 15.0 Å². The van der Waals surface area contributed by atoms with Crippen molar-refractivity contribution in [2.24, 2.45) is 0 Å². The second kappa shape index (κ2) is 9.58. The molecule has 0 saturated heterocycles. The Morgan fingerprint density at radius 3 is 1.91 bits per heavy atom. The lowest BCUT2D eigenvalue weighted by molar-refractivity contribution is -0.192. The van der Waals surface area contributed by atoms with Gasteiger partial charge in [0.15, 0.2) is 0 Å². The summed E-state index contributed by atoms with van der Waals surface area (Å²) < 4.78 is 33.7. The molecule has 0 aliphatic carbocycles.